The lowest BCUT2D eigenvalue weighted by molar-refractivity contribution is 0.108. The Hall–Kier alpha value is -1.99. The van der Waals surface area contributed by atoms with Gasteiger partial charge in [-0.05, 0) is 30.2 Å². The maximum absolute atomic E-state index is 13.3. The van der Waals surface area contributed by atoms with E-state index in [9.17, 15) is 13.5 Å². The quantitative estimate of drug-likeness (QED) is 0.761. The fraction of sp³-hybridized carbons (Fsp3) is 0.300. The molecule has 0 spiro atoms. The van der Waals surface area contributed by atoms with Gasteiger partial charge in [-0.25, -0.2) is 8.42 Å². The van der Waals surface area contributed by atoms with Crippen molar-refractivity contribution in [3.63, 3.8) is 0 Å². The van der Waals surface area contributed by atoms with Crippen LogP contribution in [0.3, 0.4) is 0 Å². The van der Waals surface area contributed by atoms with Crippen LogP contribution in [0.5, 0.6) is 0 Å². The van der Waals surface area contributed by atoms with E-state index in [2.05, 4.69) is 0 Å². The zero-order valence-electron chi connectivity index (χ0n) is 14.6. The number of sulfonamides is 1. The van der Waals surface area contributed by atoms with E-state index in [1.807, 2.05) is 31.2 Å². The number of hydrogen-bond acceptors (Lipinski definition) is 4. The molecule has 0 bridgehead atoms. The molecular weight excluding hydrogens is 350 g/mol. The third-order valence-electron chi connectivity index (χ3n) is 4.66. The number of nitrogens with zero attached hydrogens (tertiary/aromatic N) is 1. The van der Waals surface area contributed by atoms with Gasteiger partial charge in [0, 0.05) is 13.0 Å². The Morgan fingerprint density at radius 2 is 1.81 bits per heavy atom. The van der Waals surface area contributed by atoms with Crippen molar-refractivity contribution in [1.82, 2.24) is 4.31 Å². The molecule has 1 aliphatic carbocycles. The summed E-state index contributed by atoms with van der Waals surface area (Å²) in [5.41, 5.74) is 2.76. The van der Waals surface area contributed by atoms with Crippen LogP contribution < -0.4 is 0 Å². The molecular formula is C20H23NO4S. The van der Waals surface area contributed by atoms with E-state index in [0.29, 0.717) is 6.42 Å². The van der Waals surface area contributed by atoms with Crippen molar-refractivity contribution in [2.75, 3.05) is 13.2 Å². The van der Waals surface area contributed by atoms with Crippen LogP contribution >= 0.6 is 0 Å². The van der Waals surface area contributed by atoms with E-state index in [0.717, 1.165) is 16.7 Å². The molecule has 3 rings (SSSR count). The Labute approximate surface area is 154 Å². The van der Waals surface area contributed by atoms with Gasteiger partial charge in [0.05, 0.1) is 23.6 Å². The Bertz CT molecular complexity index is 890. The molecule has 2 N–H and O–H groups in total. The van der Waals surface area contributed by atoms with Crippen molar-refractivity contribution in [1.29, 1.82) is 0 Å². The summed E-state index contributed by atoms with van der Waals surface area (Å²) in [5, 5.41) is 19.6. The normalized spacial score (nSPS) is 20.0. The molecule has 0 fully saturated rings. The van der Waals surface area contributed by atoms with Crippen molar-refractivity contribution >= 4 is 10.0 Å². The lowest BCUT2D eigenvalue weighted by Crippen LogP contribution is -2.39. The minimum atomic E-state index is -3.82. The van der Waals surface area contributed by atoms with Gasteiger partial charge in [-0.2, -0.15) is 4.31 Å². The molecule has 0 aliphatic heterocycles. The minimum Gasteiger partial charge on any atom is -0.392 e. The van der Waals surface area contributed by atoms with E-state index < -0.39 is 22.2 Å². The fourth-order valence-electron chi connectivity index (χ4n) is 3.36. The first kappa shape index (κ1) is 18.8. The Balaban J connectivity index is 2.05. The zero-order valence-corrected chi connectivity index (χ0v) is 15.4. The Morgan fingerprint density at radius 3 is 2.50 bits per heavy atom. The first-order chi connectivity index (χ1) is 12.4. The van der Waals surface area contributed by atoms with Gasteiger partial charge in [-0.15, -0.1) is 0 Å². The maximum Gasteiger partial charge on any atom is 0.244 e. The highest BCUT2D eigenvalue weighted by Crippen LogP contribution is 2.38. The van der Waals surface area contributed by atoms with Crippen LogP contribution in [0.4, 0.5) is 0 Å². The summed E-state index contributed by atoms with van der Waals surface area (Å²) in [5.74, 6) is 0. The molecule has 0 unspecified atom stereocenters. The van der Waals surface area contributed by atoms with Crippen molar-refractivity contribution < 1.29 is 18.6 Å². The molecule has 26 heavy (non-hydrogen) atoms. The molecule has 0 saturated carbocycles. The third-order valence-corrected chi connectivity index (χ3v) is 6.52. The first-order valence-electron chi connectivity index (χ1n) is 8.55. The number of rotatable bonds is 6. The van der Waals surface area contributed by atoms with Crippen LogP contribution in [0.25, 0.3) is 0 Å². The molecule has 0 saturated heterocycles. The molecule has 2 aromatic carbocycles. The Morgan fingerprint density at radius 1 is 1.12 bits per heavy atom. The van der Waals surface area contributed by atoms with Gasteiger partial charge >= 0.3 is 0 Å². The average Bonchev–Trinajstić information content (AvgIpc) is 2.95. The topological polar surface area (TPSA) is 77.8 Å². The molecule has 0 aromatic heterocycles. The van der Waals surface area contributed by atoms with Gasteiger partial charge in [-0.1, -0.05) is 54.1 Å². The lowest BCUT2D eigenvalue weighted by atomic mass is 10.1. The van der Waals surface area contributed by atoms with Gasteiger partial charge < -0.3 is 10.2 Å². The fourth-order valence-corrected chi connectivity index (χ4v) is 4.95. The second-order valence-corrected chi connectivity index (χ2v) is 8.35. The highest BCUT2D eigenvalue weighted by molar-refractivity contribution is 7.89. The summed E-state index contributed by atoms with van der Waals surface area (Å²) in [7, 11) is -3.82. The lowest BCUT2D eigenvalue weighted by Gasteiger charge is -2.30. The minimum absolute atomic E-state index is 0.0762. The molecule has 1 aliphatic rings. The summed E-state index contributed by atoms with van der Waals surface area (Å²) >= 11 is 0. The van der Waals surface area contributed by atoms with Crippen LogP contribution in [0, 0.1) is 6.92 Å². The summed E-state index contributed by atoms with van der Waals surface area (Å²) in [4.78, 5) is 0.192. The van der Waals surface area contributed by atoms with Crippen LogP contribution in [-0.2, 0) is 16.4 Å². The highest BCUT2D eigenvalue weighted by atomic mass is 32.2. The largest absolute Gasteiger partial charge is 0.392 e. The van der Waals surface area contributed by atoms with Crippen molar-refractivity contribution in [2.24, 2.45) is 0 Å². The van der Waals surface area contributed by atoms with Crippen LogP contribution in [0.15, 0.2) is 65.6 Å². The SMILES string of the molecule is Cc1ccc(S(=O)(=O)N(C/C=C\CO)[C@H]2c3ccccc3C[C@H]2O)cc1. The van der Waals surface area contributed by atoms with E-state index in [1.54, 1.807) is 30.3 Å². The number of fused-ring (bicyclic) bond motifs is 1. The summed E-state index contributed by atoms with van der Waals surface area (Å²) < 4.78 is 27.9. The molecule has 6 heteroatoms. The van der Waals surface area contributed by atoms with E-state index in [1.165, 1.54) is 10.4 Å². The second-order valence-electron chi connectivity index (χ2n) is 6.46. The molecule has 138 valence electrons. The summed E-state index contributed by atoms with van der Waals surface area (Å²) in [6, 6.07) is 13.5. The van der Waals surface area contributed by atoms with Crippen molar-refractivity contribution in [3.8, 4) is 0 Å². The predicted molar refractivity (Wildman–Crippen MR) is 100 cm³/mol. The monoisotopic (exact) mass is 373 g/mol. The maximum atomic E-state index is 13.3. The number of aliphatic hydroxyl groups excluding tert-OH is 2. The smallest absolute Gasteiger partial charge is 0.244 e. The number of aryl methyl sites for hydroxylation is 1. The van der Waals surface area contributed by atoms with Gasteiger partial charge in [-0.3, -0.25) is 0 Å². The van der Waals surface area contributed by atoms with Gasteiger partial charge in [0.25, 0.3) is 0 Å². The molecule has 2 aromatic rings. The second kappa shape index (κ2) is 7.72. The van der Waals surface area contributed by atoms with Crippen LogP contribution in [0.1, 0.15) is 22.7 Å². The molecule has 0 radical (unpaired) electrons. The summed E-state index contributed by atoms with van der Waals surface area (Å²) in [6.45, 7) is 1.81. The third kappa shape index (κ3) is 3.59. The van der Waals surface area contributed by atoms with Crippen LogP contribution in [-0.4, -0.2) is 42.2 Å². The van der Waals surface area contributed by atoms with E-state index in [4.69, 9.17) is 5.11 Å². The van der Waals surface area contributed by atoms with E-state index >= 15 is 0 Å². The number of aliphatic hydroxyl groups is 2. The number of hydrogen-bond donors (Lipinski definition) is 2. The van der Waals surface area contributed by atoms with Crippen molar-refractivity contribution in [3.05, 3.63) is 77.4 Å². The number of benzene rings is 2. The van der Waals surface area contributed by atoms with Crippen molar-refractivity contribution in [2.45, 2.75) is 30.4 Å². The standard InChI is InChI=1S/C20H23NO4S/c1-15-8-10-17(11-9-15)26(24,25)21(12-4-5-13-22)20-18-7-3-2-6-16(18)14-19(20)23/h2-11,19-20,22-23H,12-14H2,1H3/b5-4-/t19-,20+/m1/s1. The van der Waals surface area contributed by atoms with Gasteiger partial charge in [0.1, 0.15) is 0 Å². The van der Waals surface area contributed by atoms with Crippen LogP contribution in [0.2, 0.25) is 0 Å². The summed E-state index contributed by atoms with van der Waals surface area (Å²) in [6.07, 6.45) is 2.73. The highest BCUT2D eigenvalue weighted by Gasteiger charge is 2.40. The molecule has 0 heterocycles. The zero-order chi connectivity index (χ0) is 18.7. The Kier molecular flexibility index (Phi) is 5.58. The van der Waals surface area contributed by atoms with Gasteiger partial charge in [0.15, 0.2) is 0 Å². The first-order valence-corrected chi connectivity index (χ1v) is 9.99. The molecule has 2 atom stereocenters. The molecule has 0 amide bonds. The van der Waals surface area contributed by atoms with E-state index in [-0.39, 0.29) is 18.0 Å². The average molecular weight is 373 g/mol. The predicted octanol–water partition coefficient (Wildman–Crippen LogP) is 2.19. The van der Waals surface area contributed by atoms with Gasteiger partial charge in [0.2, 0.25) is 10.0 Å². The molecule has 5 nitrogen and oxygen atoms in total.